The first-order chi connectivity index (χ1) is 9.95. The maximum atomic E-state index is 12.6. The van der Waals surface area contributed by atoms with E-state index in [2.05, 4.69) is 19.2 Å². The van der Waals surface area contributed by atoms with Crippen molar-refractivity contribution in [2.45, 2.75) is 44.2 Å². The van der Waals surface area contributed by atoms with Gasteiger partial charge >= 0.3 is 0 Å². The van der Waals surface area contributed by atoms with E-state index in [0.717, 1.165) is 18.4 Å². The average Bonchev–Trinajstić information content (AvgIpc) is 2.99. The number of hydrogen-bond donors (Lipinski definition) is 1. The van der Waals surface area contributed by atoms with E-state index < -0.39 is 10.0 Å². The topological polar surface area (TPSA) is 58.6 Å². The van der Waals surface area contributed by atoms with Gasteiger partial charge in [-0.2, -0.15) is 4.31 Å². The molecule has 21 heavy (non-hydrogen) atoms. The highest BCUT2D eigenvalue weighted by Crippen LogP contribution is 2.29. The second-order valence-corrected chi connectivity index (χ2v) is 7.54. The molecule has 1 saturated heterocycles. The predicted octanol–water partition coefficient (Wildman–Crippen LogP) is 1.98. The maximum absolute atomic E-state index is 12.6. The van der Waals surface area contributed by atoms with E-state index in [1.165, 1.54) is 11.4 Å². The van der Waals surface area contributed by atoms with Gasteiger partial charge < -0.3 is 10.1 Å². The van der Waals surface area contributed by atoms with Gasteiger partial charge in [-0.3, -0.25) is 0 Å². The molecule has 0 saturated carbocycles. The number of methoxy groups -OCH3 is 1. The van der Waals surface area contributed by atoms with Crippen LogP contribution in [0.1, 0.15) is 32.3 Å². The third kappa shape index (κ3) is 3.75. The highest BCUT2D eigenvalue weighted by molar-refractivity contribution is 7.89. The Balaban J connectivity index is 2.27. The lowest BCUT2D eigenvalue weighted by Crippen LogP contribution is -2.28. The van der Waals surface area contributed by atoms with Gasteiger partial charge in [-0.25, -0.2) is 8.42 Å². The second kappa shape index (κ2) is 6.77. The molecule has 0 radical (unpaired) electrons. The van der Waals surface area contributed by atoms with Crippen molar-refractivity contribution in [3.63, 3.8) is 0 Å². The molecule has 0 bridgehead atoms. The minimum atomic E-state index is -3.44. The molecule has 0 aromatic heterocycles. The first kappa shape index (κ1) is 16.3. The fourth-order valence-electron chi connectivity index (χ4n) is 2.42. The Kier molecular flexibility index (Phi) is 5.24. The summed E-state index contributed by atoms with van der Waals surface area (Å²) in [5.74, 6) is 0.421. The molecule has 118 valence electrons. The summed E-state index contributed by atoms with van der Waals surface area (Å²) < 4.78 is 32.1. The fourth-order valence-corrected chi connectivity index (χ4v) is 4.08. The summed E-state index contributed by atoms with van der Waals surface area (Å²) in [6, 6.07) is 5.69. The number of rotatable bonds is 6. The van der Waals surface area contributed by atoms with Crippen molar-refractivity contribution in [3.05, 3.63) is 23.8 Å². The van der Waals surface area contributed by atoms with E-state index in [-0.39, 0.29) is 4.90 Å². The molecule has 1 N–H and O–H groups in total. The zero-order chi connectivity index (χ0) is 15.5. The third-order valence-corrected chi connectivity index (χ3v) is 5.56. The van der Waals surface area contributed by atoms with Crippen molar-refractivity contribution in [1.29, 1.82) is 0 Å². The first-order valence-electron chi connectivity index (χ1n) is 7.35. The molecule has 0 aliphatic carbocycles. The van der Waals surface area contributed by atoms with Crippen LogP contribution in [0.3, 0.4) is 0 Å². The second-order valence-electron chi connectivity index (χ2n) is 5.63. The highest BCUT2D eigenvalue weighted by atomic mass is 32.2. The van der Waals surface area contributed by atoms with E-state index in [1.54, 1.807) is 12.1 Å². The Hall–Kier alpha value is -1.11. The number of nitrogens with zero attached hydrogens (tertiary/aromatic N) is 1. The molecule has 1 aromatic carbocycles. The predicted molar refractivity (Wildman–Crippen MR) is 83.0 cm³/mol. The standard InChI is InChI=1S/C15H24N2O3S/c1-12(2)16-11-13-6-7-15(14(10-13)20-3)21(18,19)17-8-4-5-9-17/h6-7,10,12,16H,4-5,8-9,11H2,1-3H3. The summed E-state index contributed by atoms with van der Waals surface area (Å²) in [4.78, 5) is 0.264. The van der Waals surface area contributed by atoms with Gasteiger partial charge in [0.2, 0.25) is 10.0 Å². The van der Waals surface area contributed by atoms with Crippen molar-refractivity contribution in [1.82, 2.24) is 9.62 Å². The maximum Gasteiger partial charge on any atom is 0.246 e. The lowest BCUT2D eigenvalue weighted by atomic mass is 10.2. The lowest BCUT2D eigenvalue weighted by molar-refractivity contribution is 0.397. The van der Waals surface area contributed by atoms with Gasteiger partial charge in [-0.05, 0) is 30.5 Å². The van der Waals surface area contributed by atoms with Crippen molar-refractivity contribution >= 4 is 10.0 Å². The molecule has 2 rings (SSSR count). The molecule has 5 nitrogen and oxygen atoms in total. The van der Waals surface area contributed by atoms with Crippen LogP contribution in [-0.4, -0.2) is 39.0 Å². The van der Waals surface area contributed by atoms with Gasteiger partial charge in [0.1, 0.15) is 10.6 Å². The van der Waals surface area contributed by atoms with Crippen LogP contribution >= 0.6 is 0 Å². The molecular weight excluding hydrogens is 288 g/mol. The molecule has 1 fully saturated rings. The van der Waals surface area contributed by atoms with Crippen LogP contribution in [0.2, 0.25) is 0 Å². The van der Waals surface area contributed by atoms with Crippen molar-refractivity contribution in [2.24, 2.45) is 0 Å². The summed E-state index contributed by atoms with van der Waals surface area (Å²) >= 11 is 0. The molecule has 0 amide bonds. The molecule has 0 spiro atoms. The molecule has 0 unspecified atom stereocenters. The molecule has 1 heterocycles. The Labute approximate surface area is 127 Å². The number of ether oxygens (including phenoxy) is 1. The van der Waals surface area contributed by atoms with E-state index in [4.69, 9.17) is 4.74 Å². The van der Waals surface area contributed by atoms with Gasteiger partial charge in [-0.1, -0.05) is 19.9 Å². The van der Waals surface area contributed by atoms with Gasteiger partial charge in [0.25, 0.3) is 0 Å². The van der Waals surface area contributed by atoms with E-state index in [9.17, 15) is 8.42 Å². The third-order valence-electron chi connectivity index (χ3n) is 3.63. The van der Waals surface area contributed by atoms with Crippen LogP contribution in [0, 0.1) is 0 Å². The van der Waals surface area contributed by atoms with Crippen LogP contribution in [-0.2, 0) is 16.6 Å². The Morgan fingerprint density at radius 3 is 2.52 bits per heavy atom. The zero-order valence-corrected chi connectivity index (χ0v) is 13.7. The van der Waals surface area contributed by atoms with Gasteiger partial charge in [0, 0.05) is 25.7 Å². The zero-order valence-electron chi connectivity index (χ0n) is 12.9. The fraction of sp³-hybridized carbons (Fsp3) is 0.600. The lowest BCUT2D eigenvalue weighted by Gasteiger charge is -2.18. The molecule has 1 aromatic rings. The van der Waals surface area contributed by atoms with E-state index >= 15 is 0 Å². The molecule has 6 heteroatoms. The van der Waals surface area contributed by atoms with Crippen molar-refractivity contribution in [3.8, 4) is 5.75 Å². The summed E-state index contributed by atoms with van der Waals surface area (Å²) in [5, 5.41) is 3.31. The quantitative estimate of drug-likeness (QED) is 0.872. The Morgan fingerprint density at radius 1 is 1.29 bits per heavy atom. The van der Waals surface area contributed by atoms with Gasteiger partial charge in [-0.15, -0.1) is 0 Å². The Bertz CT molecular complexity index is 579. The normalized spacial score (nSPS) is 16.6. The summed E-state index contributed by atoms with van der Waals surface area (Å²) in [7, 11) is -1.93. The van der Waals surface area contributed by atoms with Crippen LogP contribution in [0.25, 0.3) is 0 Å². The number of hydrogen-bond acceptors (Lipinski definition) is 4. The van der Waals surface area contributed by atoms with E-state index in [1.807, 2.05) is 6.07 Å². The Morgan fingerprint density at radius 2 is 1.95 bits per heavy atom. The highest BCUT2D eigenvalue weighted by Gasteiger charge is 2.29. The largest absolute Gasteiger partial charge is 0.495 e. The van der Waals surface area contributed by atoms with Crippen molar-refractivity contribution < 1.29 is 13.2 Å². The summed E-state index contributed by atoms with van der Waals surface area (Å²) in [5.41, 5.74) is 1.01. The van der Waals surface area contributed by atoms with Crippen LogP contribution in [0.4, 0.5) is 0 Å². The van der Waals surface area contributed by atoms with Crippen LogP contribution in [0.15, 0.2) is 23.1 Å². The average molecular weight is 312 g/mol. The minimum absolute atomic E-state index is 0.264. The summed E-state index contributed by atoms with van der Waals surface area (Å²) in [6.07, 6.45) is 1.86. The summed E-state index contributed by atoms with van der Waals surface area (Å²) in [6.45, 7) is 6.04. The van der Waals surface area contributed by atoms with E-state index in [0.29, 0.717) is 31.4 Å². The molecule has 1 aliphatic rings. The SMILES string of the molecule is COc1cc(CNC(C)C)ccc1S(=O)(=O)N1CCCC1. The van der Waals surface area contributed by atoms with Crippen LogP contribution in [0.5, 0.6) is 5.75 Å². The number of nitrogens with one attached hydrogen (secondary N) is 1. The number of sulfonamides is 1. The molecule has 0 atom stereocenters. The molecule has 1 aliphatic heterocycles. The number of benzene rings is 1. The van der Waals surface area contributed by atoms with Crippen LogP contribution < -0.4 is 10.1 Å². The minimum Gasteiger partial charge on any atom is -0.495 e. The van der Waals surface area contributed by atoms with Gasteiger partial charge in [0.05, 0.1) is 7.11 Å². The van der Waals surface area contributed by atoms with Crippen molar-refractivity contribution in [2.75, 3.05) is 20.2 Å². The monoisotopic (exact) mass is 312 g/mol. The molecular formula is C15H24N2O3S. The van der Waals surface area contributed by atoms with Gasteiger partial charge in [0.15, 0.2) is 0 Å². The smallest absolute Gasteiger partial charge is 0.246 e. The first-order valence-corrected chi connectivity index (χ1v) is 8.79.